The monoisotopic (exact) mass is 460 g/mol. The van der Waals surface area contributed by atoms with Crippen LogP contribution in [0.1, 0.15) is 60.3 Å². The first-order valence-electron chi connectivity index (χ1n) is 12.1. The maximum Gasteiger partial charge on any atom is 0.337 e. The molecule has 4 aliphatic carbocycles. The van der Waals surface area contributed by atoms with Crippen molar-refractivity contribution in [2.45, 2.75) is 72.0 Å². The predicted molar refractivity (Wildman–Crippen MR) is 120 cm³/mol. The van der Waals surface area contributed by atoms with Gasteiger partial charge in [0.15, 0.2) is 11.5 Å². The van der Waals surface area contributed by atoms with Crippen LogP contribution in [0, 0.1) is 34.5 Å². The lowest BCUT2D eigenvalue weighted by atomic mass is 9.44. The molecule has 0 radical (unpaired) electrons. The fourth-order valence-electron chi connectivity index (χ4n) is 7.82. The van der Waals surface area contributed by atoms with Gasteiger partial charge in [-0.15, -0.1) is 0 Å². The lowest BCUT2D eigenvalue weighted by Gasteiger charge is -2.60. The average Bonchev–Trinajstić information content (AvgIpc) is 2.99. The third-order valence-electron chi connectivity index (χ3n) is 9.27. The molecule has 0 aromatic carbocycles. The summed E-state index contributed by atoms with van der Waals surface area (Å²) in [6.07, 6.45) is 4.74. The summed E-state index contributed by atoms with van der Waals surface area (Å²) in [5.74, 6) is -1.22. The molecule has 0 amide bonds. The second-order valence-electron chi connectivity index (χ2n) is 10.9. The first-order chi connectivity index (χ1) is 15.4. The van der Waals surface area contributed by atoms with Crippen LogP contribution in [0.3, 0.4) is 0 Å². The van der Waals surface area contributed by atoms with Crippen LogP contribution < -0.4 is 0 Å². The van der Waals surface area contributed by atoms with Crippen LogP contribution >= 0.6 is 0 Å². The fraction of sp³-hybridized carbons (Fsp3) is 0.731. The Morgan fingerprint density at radius 1 is 1.27 bits per heavy atom. The predicted octanol–water partition coefficient (Wildman–Crippen LogP) is 2.74. The van der Waals surface area contributed by atoms with Gasteiger partial charge in [-0.05, 0) is 69.4 Å². The van der Waals surface area contributed by atoms with Crippen LogP contribution in [-0.4, -0.2) is 52.7 Å². The second-order valence-corrected chi connectivity index (χ2v) is 10.9. The number of hydrogen-bond donors (Lipinski definition) is 2. The molecule has 0 saturated heterocycles. The highest BCUT2D eigenvalue weighted by atomic mass is 16.6. The normalized spacial score (nSPS) is 44.2. The van der Waals surface area contributed by atoms with E-state index in [1.165, 1.54) is 6.92 Å². The molecule has 4 rings (SSSR count). The van der Waals surface area contributed by atoms with Crippen molar-refractivity contribution >= 4 is 17.5 Å². The van der Waals surface area contributed by atoms with Gasteiger partial charge in [-0.2, -0.15) is 0 Å². The molecule has 3 fully saturated rings. The van der Waals surface area contributed by atoms with Gasteiger partial charge < -0.3 is 19.7 Å². The van der Waals surface area contributed by atoms with Gasteiger partial charge in [-0.1, -0.05) is 26.3 Å². The summed E-state index contributed by atoms with van der Waals surface area (Å²) in [5, 5.41) is 22.8. The Labute approximate surface area is 195 Å². The minimum absolute atomic E-state index is 0.0222. The number of Topliss-reactive ketones (excluding diaryl/α,β-unsaturated/α-hetero) is 1. The zero-order valence-corrected chi connectivity index (χ0v) is 20.2. The molecule has 7 nitrogen and oxygen atoms in total. The van der Waals surface area contributed by atoms with Crippen LogP contribution in [0.15, 0.2) is 23.5 Å². The van der Waals surface area contributed by atoms with E-state index in [2.05, 4.69) is 6.92 Å². The van der Waals surface area contributed by atoms with E-state index in [4.69, 9.17) is 9.47 Å². The molecule has 0 bridgehead atoms. The molecule has 0 unspecified atom stereocenters. The highest BCUT2D eigenvalue weighted by molar-refractivity contribution is 6.05. The molecule has 7 heteroatoms. The van der Waals surface area contributed by atoms with Gasteiger partial charge in [0.05, 0.1) is 6.10 Å². The lowest BCUT2D eigenvalue weighted by Crippen LogP contribution is -2.61. The molecule has 0 aromatic heterocycles. The quantitative estimate of drug-likeness (QED) is 0.607. The van der Waals surface area contributed by atoms with E-state index < -0.39 is 28.5 Å². The van der Waals surface area contributed by atoms with E-state index in [1.54, 1.807) is 19.1 Å². The number of aliphatic hydroxyl groups is 2. The van der Waals surface area contributed by atoms with Crippen molar-refractivity contribution in [3.63, 3.8) is 0 Å². The topological polar surface area (TPSA) is 110 Å². The van der Waals surface area contributed by atoms with E-state index in [9.17, 15) is 24.6 Å². The van der Waals surface area contributed by atoms with Crippen molar-refractivity contribution in [2.75, 3.05) is 13.2 Å². The number of carbonyl (C=O) groups excluding carboxylic acids is 3. The maximum absolute atomic E-state index is 12.8. The zero-order chi connectivity index (χ0) is 24.3. The van der Waals surface area contributed by atoms with E-state index in [0.717, 1.165) is 18.4 Å². The third kappa shape index (κ3) is 3.46. The Balaban J connectivity index is 1.72. The van der Waals surface area contributed by atoms with Gasteiger partial charge in [-0.3, -0.25) is 9.59 Å². The Morgan fingerprint density at radius 2 is 1.97 bits per heavy atom. The molecule has 8 atom stereocenters. The molecule has 0 spiro atoms. The minimum atomic E-state index is -1.43. The molecule has 2 N–H and O–H groups in total. The fourth-order valence-corrected chi connectivity index (χ4v) is 7.82. The molecule has 4 aliphatic rings. The first-order valence-corrected chi connectivity index (χ1v) is 12.1. The zero-order valence-electron chi connectivity index (χ0n) is 20.2. The lowest BCUT2D eigenvalue weighted by molar-refractivity contribution is -0.177. The molecular weight excluding hydrogens is 424 g/mol. The van der Waals surface area contributed by atoms with Crippen molar-refractivity contribution in [1.82, 2.24) is 0 Å². The highest BCUT2D eigenvalue weighted by Crippen LogP contribution is 2.68. The van der Waals surface area contributed by atoms with Gasteiger partial charge in [0.1, 0.15) is 12.2 Å². The van der Waals surface area contributed by atoms with Crippen molar-refractivity contribution in [2.24, 2.45) is 34.5 Å². The van der Waals surface area contributed by atoms with E-state index in [1.807, 2.05) is 13.8 Å². The van der Waals surface area contributed by atoms with Crippen LogP contribution in [-0.2, 0) is 23.9 Å². The Morgan fingerprint density at radius 3 is 2.61 bits per heavy atom. The summed E-state index contributed by atoms with van der Waals surface area (Å²) in [6, 6.07) is 0. The number of ketones is 2. The number of esters is 1. The number of fused-ring (bicyclic) bond motifs is 5. The van der Waals surface area contributed by atoms with Crippen LogP contribution in [0.5, 0.6) is 0 Å². The molecular formula is C26H36O7. The highest BCUT2D eigenvalue weighted by Gasteiger charge is 2.68. The van der Waals surface area contributed by atoms with E-state index in [-0.39, 0.29) is 47.6 Å². The minimum Gasteiger partial charge on any atom is -0.421 e. The standard InChI is InChI=1S/C26H36O7/c1-6-32-13-22(30)33-21-12-24(4)18(10-19(21)28)14(2)9-16-17-7-8-26(31,15(3)27)25(17,5)11-20(29)23(16)24/h10,12,14,16-17,20,23,29,31H,6-9,11,13H2,1-5H3/t14-,16-,17-,20-,23+,24-,25-,26-/m0/s1. The second kappa shape index (κ2) is 8.14. The number of hydrogen-bond acceptors (Lipinski definition) is 7. The molecule has 182 valence electrons. The van der Waals surface area contributed by atoms with Gasteiger partial charge in [-0.25, -0.2) is 4.79 Å². The van der Waals surface area contributed by atoms with Crippen LogP contribution in [0.2, 0.25) is 0 Å². The van der Waals surface area contributed by atoms with E-state index >= 15 is 0 Å². The Kier molecular flexibility index (Phi) is 5.99. The molecule has 0 aromatic rings. The maximum atomic E-state index is 12.8. The number of ether oxygens (including phenoxy) is 2. The number of rotatable bonds is 5. The van der Waals surface area contributed by atoms with Gasteiger partial charge in [0.25, 0.3) is 0 Å². The van der Waals surface area contributed by atoms with Crippen molar-refractivity contribution < 1.29 is 34.1 Å². The summed E-state index contributed by atoms with van der Waals surface area (Å²) >= 11 is 0. The van der Waals surface area contributed by atoms with Crippen LogP contribution in [0.4, 0.5) is 0 Å². The van der Waals surface area contributed by atoms with E-state index in [0.29, 0.717) is 19.4 Å². The Hall–Kier alpha value is -1.83. The number of allylic oxidation sites excluding steroid dienone is 3. The van der Waals surface area contributed by atoms with Crippen LogP contribution in [0.25, 0.3) is 0 Å². The summed E-state index contributed by atoms with van der Waals surface area (Å²) in [5.41, 5.74) is -1.85. The summed E-state index contributed by atoms with van der Waals surface area (Å²) in [6.45, 7) is 9.38. The average molecular weight is 461 g/mol. The molecule has 0 aliphatic heterocycles. The van der Waals surface area contributed by atoms with Gasteiger partial charge >= 0.3 is 5.97 Å². The number of aliphatic hydroxyl groups excluding tert-OH is 1. The van der Waals surface area contributed by atoms with Gasteiger partial charge in [0, 0.05) is 23.4 Å². The molecule has 3 saturated carbocycles. The summed E-state index contributed by atoms with van der Waals surface area (Å²) in [7, 11) is 0. The van der Waals surface area contributed by atoms with Crippen molar-refractivity contribution in [3.05, 3.63) is 23.5 Å². The number of carbonyl (C=O) groups is 3. The molecule has 0 heterocycles. The smallest absolute Gasteiger partial charge is 0.337 e. The summed E-state index contributed by atoms with van der Waals surface area (Å²) < 4.78 is 10.5. The Bertz CT molecular complexity index is 935. The largest absolute Gasteiger partial charge is 0.421 e. The van der Waals surface area contributed by atoms with Crippen molar-refractivity contribution in [1.29, 1.82) is 0 Å². The van der Waals surface area contributed by atoms with Gasteiger partial charge in [0.2, 0.25) is 5.78 Å². The first kappa shape index (κ1) is 24.3. The summed E-state index contributed by atoms with van der Waals surface area (Å²) in [4.78, 5) is 37.4. The SMILES string of the molecule is CCOCC(=O)OC1=C[C@@]2(C)C(=CC1=O)[C@@H](C)C[C@@H]1[C@@H]2[C@@H](O)C[C@@]2(C)[C@H]1CC[C@]2(O)C(C)=O. The third-order valence-corrected chi connectivity index (χ3v) is 9.27. The van der Waals surface area contributed by atoms with Crippen molar-refractivity contribution in [3.8, 4) is 0 Å². The molecule has 33 heavy (non-hydrogen) atoms.